The van der Waals surface area contributed by atoms with Gasteiger partial charge < -0.3 is 5.73 Å². The van der Waals surface area contributed by atoms with Crippen LogP contribution in [-0.4, -0.2) is 14.6 Å². The first-order valence-electron chi connectivity index (χ1n) is 6.07. The fourth-order valence-corrected chi connectivity index (χ4v) is 2.34. The molecule has 96 valence electrons. The second-order valence-electron chi connectivity index (χ2n) is 4.37. The van der Waals surface area contributed by atoms with Crippen LogP contribution in [-0.2, 0) is 12.8 Å². The van der Waals surface area contributed by atoms with Crippen molar-refractivity contribution >= 4 is 22.9 Å². The van der Waals surface area contributed by atoms with Crippen molar-refractivity contribution < 1.29 is 0 Å². The molecule has 5 heteroatoms. The van der Waals surface area contributed by atoms with Crippen LogP contribution in [0, 0.1) is 0 Å². The van der Waals surface area contributed by atoms with Gasteiger partial charge in [0.2, 0.25) is 0 Å². The van der Waals surface area contributed by atoms with Crippen molar-refractivity contribution in [2.45, 2.75) is 12.8 Å². The van der Waals surface area contributed by atoms with Crippen LogP contribution in [0.1, 0.15) is 11.4 Å². The third-order valence-corrected chi connectivity index (χ3v) is 3.38. The van der Waals surface area contributed by atoms with Gasteiger partial charge in [0.15, 0.2) is 5.65 Å². The monoisotopic (exact) mass is 272 g/mol. The average molecular weight is 273 g/mol. The Bertz CT molecular complexity index is 706. The normalized spacial score (nSPS) is 11.0. The summed E-state index contributed by atoms with van der Waals surface area (Å²) >= 11 is 6.18. The Morgan fingerprint density at radius 2 is 1.79 bits per heavy atom. The molecule has 0 radical (unpaired) electrons. The lowest BCUT2D eigenvalue weighted by Crippen LogP contribution is -2.00. The van der Waals surface area contributed by atoms with Crippen molar-refractivity contribution in [3.05, 3.63) is 59.0 Å². The van der Waals surface area contributed by atoms with Crippen molar-refractivity contribution in [3.63, 3.8) is 0 Å². The number of fused-ring (bicyclic) bond motifs is 1. The van der Waals surface area contributed by atoms with Gasteiger partial charge >= 0.3 is 0 Å². The first-order valence-corrected chi connectivity index (χ1v) is 6.45. The molecule has 0 fully saturated rings. The summed E-state index contributed by atoms with van der Waals surface area (Å²) in [6, 6.07) is 13.8. The van der Waals surface area contributed by atoms with Crippen LogP contribution in [0.4, 0.5) is 5.69 Å². The smallest absolute Gasteiger partial charge is 0.185 e. The molecule has 0 saturated carbocycles. The van der Waals surface area contributed by atoms with E-state index in [1.54, 1.807) is 16.5 Å². The molecule has 0 aliphatic heterocycles. The van der Waals surface area contributed by atoms with E-state index in [4.69, 9.17) is 17.3 Å². The van der Waals surface area contributed by atoms with Crippen LogP contribution in [0.15, 0.2) is 42.5 Å². The van der Waals surface area contributed by atoms with Gasteiger partial charge in [0.1, 0.15) is 11.0 Å². The second-order valence-corrected chi connectivity index (χ2v) is 4.76. The fourth-order valence-electron chi connectivity index (χ4n) is 2.10. The van der Waals surface area contributed by atoms with Crippen LogP contribution in [0.25, 0.3) is 5.65 Å². The maximum Gasteiger partial charge on any atom is 0.185 e. The molecular formula is C14H13ClN4. The quantitative estimate of drug-likeness (QED) is 0.746. The summed E-state index contributed by atoms with van der Waals surface area (Å²) in [6.07, 6.45) is 1.67. The zero-order valence-corrected chi connectivity index (χ0v) is 11.0. The molecule has 0 aliphatic rings. The highest BCUT2D eigenvalue weighted by Gasteiger charge is 2.10. The molecule has 4 nitrogen and oxygen atoms in total. The maximum absolute atomic E-state index is 6.18. The number of halogens is 1. The highest BCUT2D eigenvalue weighted by atomic mass is 35.5. The van der Waals surface area contributed by atoms with Crippen LogP contribution >= 0.6 is 11.6 Å². The van der Waals surface area contributed by atoms with Crippen LogP contribution in [0.3, 0.4) is 0 Å². The number of pyridine rings is 1. The van der Waals surface area contributed by atoms with Crippen LogP contribution in [0.2, 0.25) is 5.15 Å². The van der Waals surface area contributed by atoms with Gasteiger partial charge in [-0.1, -0.05) is 41.9 Å². The van der Waals surface area contributed by atoms with Gasteiger partial charge in [-0.25, -0.2) is 0 Å². The number of aromatic nitrogens is 3. The number of hydrogen-bond acceptors (Lipinski definition) is 3. The molecule has 2 aromatic heterocycles. The van der Waals surface area contributed by atoms with E-state index in [0.717, 1.165) is 18.7 Å². The summed E-state index contributed by atoms with van der Waals surface area (Å²) in [5, 5.41) is 8.86. The Morgan fingerprint density at radius 3 is 2.58 bits per heavy atom. The van der Waals surface area contributed by atoms with E-state index in [1.165, 1.54) is 5.56 Å². The Balaban J connectivity index is 1.92. The molecule has 19 heavy (non-hydrogen) atoms. The third kappa shape index (κ3) is 2.27. The first-order chi connectivity index (χ1) is 9.25. The van der Waals surface area contributed by atoms with Gasteiger partial charge in [0.25, 0.3) is 0 Å². The van der Waals surface area contributed by atoms with Crippen LogP contribution in [0.5, 0.6) is 0 Å². The molecule has 0 amide bonds. The number of aryl methyl sites for hydroxylation is 2. The van der Waals surface area contributed by atoms with E-state index in [-0.39, 0.29) is 0 Å². The van der Waals surface area contributed by atoms with Crippen molar-refractivity contribution in [2.75, 3.05) is 5.73 Å². The predicted molar refractivity (Wildman–Crippen MR) is 76.3 cm³/mol. The lowest BCUT2D eigenvalue weighted by atomic mass is 10.1. The van der Waals surface area contributed by atoms with E-state index in [9.17, 15) is 0 Å². The average Bonchev–Trinajstić information content (AvgIpc) is 2.87. The van der Waals surface area contributed by atoms with E-state index in [2.05, 4.69) is 22.3 Å². The lowest BCUT2D eigenvalue weighted by Gasteiger charge is -2.04. The third-order valence-electron chi connectivity index (χ3n) is 3.08. The summed E-state index contributed by atoms with van der Waals surface area (Å²) in [5.41, 5.74) is 8.33. The molecule has 0 aliphatic carbocycles. The standard InChI is InChI=1S/C14H13ClN4/c15-12-8-7-11(16)14-18-17-13(19(12)14)9-6-10-4-2-1-3-5-10/h1-5,7-8H,6,9,16H2. The minimum absolute atomic E-state index is 0.581. The lowest BCUT2D eigenvalue weighted by molar-refractivity contribution is 0.839. The molecule has 0 bridgehead atoms. The molecule has 2 heterocycles. The highest BCUT2D eigenvalue weighted by molar-refractivity contribution is 6.29. The predicted octanol–water partition coefficient (Wildman–Crippen LogP) is 2.75. The van der Waals surface area contributed by atoms with Crippen molar-refractivity contribution in [2.24, 2.45) is 0 Å². The fraction of sp³-hybridized carbons (Fsp3) is 0.143. The number of anilines is 1. The van der Waals surface area contributed by atoms with Crippen LogP contribution < -0.4 is 5.73 Å². The van der Waals surface area contributed by atoms with Gasteiger partial charge in [0, 0.05) is 6.42 Å². The van der Waals surface area contributed by atoms with E-state index in [0.29, 0.717) is 16.5 Å². The number of hydrogen-bond donors (Lipinski definition) is 1. The minimum atomic E-state index is 0.581. The van der Waals surface area contributed by atoms with E-state index in [1.807, 2.05) is 18.2 Å². The zero-order chi connectivity index (χ0) is 13.2. The SMILES string of the molecule is Nc1ccc(Cl)n2c(CCc3ccccc3)nnc12. The second kappa shape index (κ2) is 4.90. The summed E-state index contributed by atoms with van der Waals surface area (Å²) < 4.78 is 1.81. The van der Waals surface area contributed by atoms with E-state index >= 15 is 0 Å². The number of rotatable bonds is 3. The molecule has 2 N–H and O–H groups in total. The first kappa shape index (κ1) is 12.0. The molecule has 3 aromatic rings. The summed E-state index contributed by atoms with van der Waals surface area (Å²) in [4.78, 5) is 0. The number of nitrogen functional groups attached to an aromatic ring is 1. The zero-order valence-electron chi connectivity index (χ0n) is 10.3. The van der Waals surface area contributed by atoms with Gasteiger partial charge in [-0.15, -0.1) is 10.2 Å². The van der Waals surface area contributed by atoms with E-state index < -0.39 is 0 Å². The molecule has 3 rings (SSSR count). The highest BCUT2D eigenvalue weighted by Crippen LogP contribution is 2.20. The summed E-state index contributed by atoms with van der Waals surface area (Å²) in [5.74, 6) is 0.830. The maximum atomic E-state index is 6.18. The Hall–Kier alpha value is -2.07. The Morgan fingerprint density at radius 1 is 1.00 bits per heavy atom. The van der Waals surface area contributed by atoms with Gasteiger partial charge in [-0.05, 0) is 24.1 Å². The van der Waals surface area contributed by atoms with Gasteiger partial charge in [-0.2, -0.15) is 0 Å². The molecule has 0 saturated heterocycles. The topological polar surface area (TPSA) is 56.2 Å². The van der Waals surface area contributed by atoms with Gasteiger partial charge in [0.05, 0.1) is 5.69 Å². The number of benzene rings is 1. The Kier molecular flexibility index (Phi) is 3.09. The van der Waals surface area contributed by atoms with Crippen molar-refractivity contribution in [1.82, 2.24) is 14.6 Å². The number of nitrogens with two attached hydrogens (primary N) is 1. The van der Waals surface area contributed by atoms with Crippen molar-refractivity contribution in [3.8, 4) is 0 Å². The summed E-state index contributed by atoms with van der Waals surface area (Å²) in [6.45, 7) is 0. The molecule has 0 spiro atoms. The molecule has 1 aromatic carbocycles. The van der Waals surface area contributed by atoms with Crippen molar-refractivity contribution in [1.29, 1.82) is 0 Å². The molecule has 0 unspecified atom stereocenters. The van der Waals surface area contributed by atoms with Gasteiger partial charge in [-0.3, -0.25) is 4.40 Å². The largest absolute Gasteiger partial charge is 0.396 e. The summed E-state index contributed by atoms with van der Waals surface area (Å²) in [7, 11) is 0. The minimum Gasteiger partial charge on any atom is -0.396 e. The Labute approximate surface area is 115 Å². The molecular weight excluding hydrogens is 260 g/mol. The number of nitrogens with zero attached hydrogens (tertiary/aromatic N) is 3. The molecule has 0 atom stereocenters.